The van der Waals surface area contributed by atoms with E-state index in [1.165, 1.54) is 0 Å². The van der Waals surface area contributed by atoms with Crippen LogP contribution in [-0.4, -0.2) is 12.9 Å². The van der Waals surface area contributed by atoms with Crippen LogP contribution in [0, 0.1) is 5.41 Å². The fraction of sp³-hybridized carbons (Fsp3) is 0.417. The summed E-state index contributed by atoms with van der Waals surface area (Å²) in [7, 11) is 1.66. The van der Waals surface area contributed by atoms with E-state index in [2.05, 4.69) is 0 Å². The number of benzene rings is 1. The fourth-order valence-electron chi connectivity index (χ4n) is 2.41. The Morgan fingerprint density at radius 3 is 2.79 bits per heavy atom. The van der Waals surface area contributed by atoms with E-state index in [0.29, 0.717) is 5.78 Å². The van der Waals surface area contributed by atoms with Gasteiger partial charge in [-0.1, -0.05) is 12.1 Å². The van der Waals surface area contributed by atoms with Crippen LogP contribution < -0.4 is 4.74 Å². The van der Waals surface area contributed by atoms with Gasteiger partial charge in [0.1, 0.15) is 5.75 Å². The summed E-state index contributed by atoms with van der Waals surface area (Å²) in [6.07, 6.45) is 3.01. The summed E-state index contributed by atoms with van der Waals surface area (Å²) in [5.41, 5.74) is 2.00. The number of rotatable bonds is 1. The highest BCUT2D eigenvalue weighted by atomic mass is 16.5. The van der Waals surface area contributed by atoms with Crippen molar-refractivity contribution in [2.75, 3.05) is 7.11 Å². The van der Waals surface area contributed by atoms with Crippen LogP contribution in [0.25, 0.3) is 0 Å². The maximum atomic E-state index is 12.0. The minimum atomic E-state index is -0.0169. The van der Waals surface area contributed by atoms with Crippen LogP contribution >= 0.6 is 0 Å². The molecule has 2 aliphatic carbocycles. The number of ether oxygens (including phenoxy) is 1. The first-order valence-electron chi connectivity index (χ1n) is 4.97. The van der Waals surface area contributed by atoms with Crippen molar-refractivity contribution in [1.82, 2.24) is 0 Å². The lowest BCUT2D eigenvalue weighted by Crippen LogP contribution is -2.08. The quantitative estimate of drug-likeness (QED) is 0.675. The van der Waals surface area contributed by atoms with Gasteiger partial charge >= 0.3 is 0 Å². The molecule has 1 aromatic carbocycles. The van der Waals surface area contributed by atoms with Crippen molar-refractivity contribution in [3.63, 3.8) is 0 Å². The van der Waals surface area contributed by atoms with E-state index in [9.17, 15) is 4.79 Å². The summed E-state index contributed by atoms with van der Waals surface area (Å²) in [5, 5.41) is 0. The molecule has 0 heterocycles. The minimum absolute atomic E-state index is 0.0169. The SMILES string of the molecule is COc1cccc2c1CC1(CC1)C2=O. The molecule has 0 aliphatic heterocycles. The van der Waals surface area contributed by atoms with Crippen molar-refractivity contribution in [2.24, 2.45) is 5.41 Å². The van der Waals surface area contributed by atoms with Gasteiger partial charge in [-0.3, -0.25) is 4.79 Å². The normalized spacial score (nSPS) is 21.1. The molecule has 1 fully saturated rings. The number of hydrogen-bond donors (Lipinski definition) is 0. The molecule has 0 atom stereocenters. The predicted octanol–water partition coefficient (Wildman–Crippen LogP) is 2.21. The highest BCUT2D eigenvalue weighted by molar-refractivity contribution is 6.07. The maximum Gasteiger partial charge on any atom is 0.169 e. The molecular formula is C12H12O2. The van der Waals surface area contributed by atoms with Crippen LogP contribution in [0.15, 0.2) is 18.2 Å². The molecule has 0 amide bonds. The molecular weight excluding hydrogens is 176 g/mol. The Balaban J connectivity index is 2.17. The second-order valence-corrected chi connectivity index (χ2v) is 4.27. The van der Waals surface area contributed by atoms with Crippen LogP contribution in [0.1, 0.15) is 28.8 Å². The van der Waals surface area contributed by atoms with E-state index in [0.717, 1.165) is 36.1 Å². The molecule has 2 heteroatoms. The Morgan fingerprint density at radius 1 is 1.36 bits per heavy atom. The van der Waals surface area contributed by atoms with E-state index < -0.39 is 0 Å². The Morgan fingerprint density at radius 2 is 2.14 bits per heavy atom. The summed E-state index contributed by atoms with van der Waals surface area (Å²) in [5.74, 6) is 1.21. The van der Waals surface area contributed by atoms with Gasteiger partial charge in [-0.25, -0.2) is 0 Å². The lowest BCUT2D eigenvalue weighted by Gasteiger charge is -2.04. The molecule has 0 radical (unpaired) electrons. The standard InChI is InChI=1S/C12H12O2/c1-14-10-4-2-3-8-9(10)7-12(5-6-12)11(8)13/h2-4H,5-7H2,1H3. The Labute approximate surface area is 82.9 Å². The van der Waals surface area contributed by atoms with E-state index in [-0.39, 0.29) is 5.41 Å². The molecule has 0 aromatic heterocycles. The molecule has 1 saturated carbocycles. The first-order chi connectivity index (χ1) is 6.77. The summed E-state index contributed by atoms with van der Waals surface area (Å²) in [6, 6.07) is 5.76. The van der Waals surface area contributed by atoms with Crippen LogP contribution in [0.2, 0.25) is 0 Å². The predicted molar refractivity (Wildman–Crippen MR) is 52.7 cm³/mol. The van der Waals surface area contributed by atoms with Crippen LogP contribution in [0.3, 0.4) is 0 Å². The van der Waals surface area contributed by atoms with Gasteiger partial charge in [-0.15, -0.1) is 0 Å². The number of carbonyl (C=O) groups excluding carboxylic acids is 1. The molecule has 2 aliphatic rings. The van der Waals surface area contributed by atoms with E-state index in [1.807, 2.05) is 18.2 Å². The van der Waals surface area contributed by atoms with Gasteiger partial charge in [-0.05, 0) is 25.3 Å². The third-order valence-electron chi connectivity index (χ3n) is 3.45. The second-order valence-electron chi connectivity index (χ2n) is 4.27. The van der Waals surface area contributed by atoms with Crippen molar-refractivity contribution in [2.45, 2.75) is 19.3 Å². The van der Waals surface area contributed by atoms with Gasteiger partial charge in [0.05, 0.1) is 7.11 Å². The first-order valence-corrected chi connectivity index (χ1v) is 4.97. The summed E-state index contributed by atoms with van der Waals surface area (Å²) < 4.78 is 5.27. The lowest BCUT2D eigenvalue weighted by atomic mass is 10.0. The van der Waals surface area contributed by atoms with E-state index in [4.69, 9.17) is 4.74 Å². The number of ketones is 1. The first kappa shape index (κ1) is 8.04. The van der Waals surface area contributed by atoms with Crippen molar-refractivity contribution in [3.05, 3.63) is 29.3 Å². The molecule has 0 saturated heterocycles. The molecule has 0 N–H and O–H groups in total. The average Bonchev–Trinajstić information content (AvgIpc) is 2.92. The monoisotopic (exact) mass is 188 g/mol. The number of hydrogen-bond acceptors (Lipinski definition) is 2. The molecule has 2 nitrogen and oxygen atoms in total. The molecule has 72 valence electrons. The molecule has 0 bridgehead atoms. The summed E-state index contributed by atoms with van der Waals surface area (Å²) >= 11 is 0. The highest BCUT2D eigenvalue weighted by Gasteiger charge is 2.54. The number of Topliss-reactive ketones (excluding diaryl/α,β-unsaturated/α-hetero) is 1. The van der Waals surface area contributed by atoms with Gasteiger partial charge in [0.25, 0.3) is 0 Å². The molecule has 1 aromatic rings. The van der Waals surface area contributed by atoms with Gasteiger partial charge < -0.3 is 4.74 Å². The fourth-order valence-corrected chi connectivity index (χ4v) is 2.41. The third kappa shape index (κ3) is 0.834. The van der Waals surface area contributed by atoms with Crippen molar-refractivity contribution < 1.29 is 9.53 Å². The highest BCUT2D eigenvalue weighted by Crippen LogP contribution is 2.56. The molecule has 14 heavy (non-hydrogen) atoms. The Bertz CT molecular complexity index is 416. The maximum absolute atomic E-state index is 12.0. The number of fused-ring (bicyclic) bond motifs is 1. The largest absolute Gasteiger partial charge is 0.496 e. The van der Waals surface area contributed by atoms with Crippen LogP contribution in [-0.2, 0) is 6.42 Å². The van der Waals surface area contributed by atoms with E-state index in [1.54, 1.807) is 7.11 Å². The zero-order valence-corrected chi connectivity index (χ0v) is 8.17. The third-order valence-corrected chi connectivity index (χ3v) is 3.45. The van der Waals surface area contributed by atoms with Crippen LogP contribution in [0.5, 0.6) is 5.75 Å². The minimum Gasteiger partial charge on any atom is -0.496 e. The van der Waals surface area contributed by atoms with Gasteiger partial charge in [0.15, 0.2) is 5.78 Å². The van der Waals surface area contributed by atoms with Crippen molar-refractivity contribution in [1.29, 1.82) is 0 Å². The van der Waals surface area contributed by atoms with Gasteiger partial charge in [0.2, 0.25) is 0 Å². The molecule has 1 spiro atoms. The lowest BCUT2D eigenvalue weighted by molar-refractivity contribution is 0.0919. The topological polar surface area (TPSA) is 26.3 Å². The molecule has 0 unspecified atom stereocenters. The number of carbonyl (C=O) groups is 1. The zero-order valence-electron chi connectivity index (χ0n) is 8.17. The Hall–Kier alpha value is -1.31. The smallest absolute Gasteiger partial charge is 0.169 e. The van der Waals surface area contributed by atoms with Crippen molar-refractivity contribution >= 4 is 5.78 Å². The number of methoxy groups -OCH3 is 1. The second kappa shape index (κ2) is 2.38. The van der Waals surface area contributed by atoms with Gasteiger partial charge in [-0.2, -0.15) is 0 Å². The molecule has 3 rings (SSSR count). The summed E-state index contributed by atoms with van der Waals surface area (Å²) in [4.78, 5) is 12.0. The van der Waals surface area contributed by atoms with Crippen LogP contribution in [0.4, 0.5) is 0 Å². The Kier molecular flexibility index (Phi) is 1.37. The van der Waals surface area contributed by atoms with Gasteiger partial charge in [0, 0.05) is 16.5 Å². The average molecular weight is 188 g/mol. The van der Waals surface area contributed by atoms with Crippen molar-refractivity contribution in [3.8, 4) is 5.75 Å². The summed E-state index contributed by atoms with van der Waals surface area (Å²) in [6.45, 7) is 0. The van der Waals surface area contributed by atoms with E-state index >= 15 is 0 Å². The zero-order chi connectivity index (χ0) is 9.76.